The van der Waals surface area contributed by atoms with Crippen molar-refractivity contribution in [1.29, 1.82) is 0 Å². The smallest absolute Gasteiger partial charge is 0.240 e. The van der Waals surface area contributed by atoms with E-state index in [1.807, 2.05) is 25.1 Å². The van der Waals surface area contributed by atoms with Crippen molar-refractivity contribution in [3.63, 3.8) is 0 Å². The SMILES string of the molecule is CCCCNS(=O)(=O)c1ccc(N=Nc2ccc(OCCCCCCS)cc2OCCCCCCS)cc1. The lowest BCUT2D eigenvalue weighted by atomic mass is 10.2. The molecule has 0 aliphatic rings. The van der Waals surface area contributed by atoms with Crippen molar-refractivity contribution in [2.45, 2.75) is 76.0 Å². The number of thiol groups is 2. The van der Waals surface area contributed by atoms with Crippen LogP contribution in [0.3, 0.4) is 0 Å². The number of sulfonamides is 1. The van der Waals surface area contributed by atoms with Crippen LogP contribution in [0.5, 0.6) is 11.5 Å². The van der Waals surface area contributed by atoms with Crippen LogP contribution in [0.15, 0.2) is 57.6 Å². The van der Waals surface area contributed by atoms with Gasteiger partial charge in [-0.3, -0.25) is 0 Å². The van der Waals surface area contributed by atoms with E-state index < -0.39 is 10.0 Å². The fourth-order valence-electron chi connectivity index (χ4n) is 3.56. The molecular weight excluding hydrogens is 539 g/mol. The Morgan fingerprint density at radius 2 is 1.39 bits per heavy atom. The maximum Gasteiger partial charge on any atom is 0.240 e. The van der Waals surface area contributed by atoms with Crippen molar-refractivity contribution in [2.24, 2.45) is 10.2 Å². The average Bonchev–Trinajstić information content (AvgIpc) is 2.92. The maximum absolute atomic E-state index is 12.4. The Kier molecular flexibility index (Phi) is 16.5. The lowest BCUT2D eigenvalue weighted by Crippen LogP contribution is -2.24. The van der Waals surface area contributed by atoms with Gasteiger partial charge >= 0.3 is 0 Å². The zero-order valence-corrected chi connectivity index (χ0v) is 25.1. The molecule has 2 aromatic carbocycles. The predicted octanol–water partition coefficient (Wildman–Crippen LogP) is 7.92. The molecule has 0 radical (unpaired) electrons. The summed E-state index contributed by atoms with van der Waals surface area (Å²) in [4.78, 5) is 0.210. The molecule has 0 aliphatic heterocycles. The zero-order valence-electron chi connectivity index (χ0n) is 22.5. The highest BCUT2D eigenvalue weighted by molar-refractivity contribution is 7.89. The largest absolute Gasteiger partial charge is 0.493 e. The van der Waals surface area contributed by atoms with Gasteiger partial charge in [0.05, 0.1) is 23.8 Å². The van der Waals surface area contributed by atoms with Crippen LogP contribution in [0.25, 0.3) is 0 Å². The first kappa shape index (κ1) is 32.5. The third-order valence-corrected chi connectivity index (χ3v) is 7.91. The summed E-state index contributed by atoms with van der Waals surface area (Å²) in [6.07, 6.45) is 10.4. The monoisotopic (exact) mass is 581 g/mol. The molecule has 0 heterocycles. The van der Waals surface area contributed by atoms with Crippen molar-refractivity contribution >= 4 is 46.7 Å². The summed E-state index contributed by atoms with van der Waals surface area (Å²) < 4.78 is 39.4. The second kappa shape index (κ2) is 19.3. The summed E-state index contributed by atoms with van der Waals surface area (Å²) in [6, 6.07) is 11.9. The number of nitrogens with one attached hydrogen (secondary N) is 1. The third kappa shape index (κ3) is 12.9. The van der Waals surface area contributed by atoms with E-state index in [1.54, 1.807) is 12.1 Å². The molecule has 10 heteroatoms. The van der Waals surface area contributed by atoms with Gasteiger partial charge in [-0.2, -0.15) is 30.4 Å². The summed E-state index contributed by atoms with van der Waals surface area (Å²) in [7, 11) is -3.53. The van der Waals surface area contributed by atoms with Gasteiger partial charge in [-0.25, -0.2) is 13.1 Å². The van der Waals surface area contributed by atoms with Crippen molar-refractivity contribution in [3.05, 3.63) is 42.5 Å². The fraction of sp³-hybridized carbons (Fsp3) is 0.571. The molecule has 0 spiro atoms. The Morgan fingerprint density at radius 3 is 2.03 bits per heavy atom. The van der Waals surface area contributed by atoms with Crippen molar-refractivity contribution < 1.29 is 17.9 Å². The summed E-state index contributed by atoms with van der Waals surface area (Å²) >= 11 is 8.52. The van der Waals surface area contributed by atoms with E-state index in [9.17, 15) is 8.42 Å². The van der Waals surface area contributed by atoms with Crippen LogP contribution in [0.1, 0.15) is 71.1 Å². The second-order valence-corrected chi connectivity index (χ2v) is 11.7. The minimum Gasteiger partial charge on any atom is -0.493 e. The quantitative estimate of drug-likeness (QED) is 0.0794. The summed E-state index contributed by atoms with van der Waals surface area (Å²) in [6.45, 7) is 3.68. The highest BCUT2D eigenvalue weighted by atomic mass is 32.2. The lowest BCUT2D eigenvalue weighted by Gasteiger charge is -2.12. The zero-order chi connectivity index (χ0) is 27.5. The molecular formula is C28H43N3O4S3. The number of ether oxygens (including phenoxy) is 2. The first-order valence-corrected chi connectivity index (χ1v) is 16.4. The van der Waals surface area contributed by atoms with E-state index >= 15 is 0 Å². The number of hydrogen-bond donors (Lipinski definition) is 3. The van der Waals surface area contributed by atoms with E-state index in [4.69, 9.17) is 9.47 Å². The van der Waals surface area contributed by atoms with Crippen LogP contribution >= 0.6 is 25.3 Å². The molecule has 0 aromatic heterocycles. The number of rotatable bonds is 21. The van der Waals surface area contributed by atoms with E-state index in [0.717, 1.165) is 81.5 Å². The standard InChI is InChI=1S/C28H43N3O4S3/c1-2-3-18-29-38(32,33)26-15-12-24(13-16-26)30-31-27-17-14-25(34-19-8-4-6-10-21-36)23-28(27)35-20-9-5-7-11-22-37/h12-17,23,29,36-37H,2-11,18-22H2,1H3. The number of hydrogen-bond acceptors (Lipinski definition) is 8. The summed E-state index contributed by atoms with van der Waals surface area (Å²) in [5.74, 6) is 3.19. The van der Waals surface area contributed by atoms with Gasteiger partial charge in [0.2, 0.25) is 10.0 Å². The molecule has 38 heavy (non-hydrogen) atoms. The van der Waals surface area contributed by atoms with Crippen LogP contribution in [0.2, 0.25) is 0 Å². The van der Waals surface area contributed by atoms with Gasteiger partial charge in [-0.1, -0.05) is 39.0 Å². The Balaban J connectivity index is 2.05. The Bertz CT molecular complexity index is 1050. The van der Waals surface area contributed by atoms with E-state index in [2.05, 4.69) is 40.2 Å². The minimum atomic E-state index is -3.53. The average molecular weight is 582 g/mol. The first-order valence-electron chi connectivity index (χ1n) is 13.6. The Hall–Kier alpha value is -1.75. The van der Waals surface area contributed by atoms with E-state index in [1.165, 1.54) is 12.1 Å². The van der Waals surface area contributed by atoms with Gasteiger partial charge in [0.1, 0.15) is 17.2 Å². The van der Waals surface area contributed by atoms with Crippen molar-refractivity contribution in [3.8, 4) is 11.5 Å². The second-order valence-electron chi connectivity index (χ2n) is 9.05. The summed E-state index contributed by atoms with van der Waals surface area (Å²) in [5.41, 5.74) is 1.15. The van der Waals surface area contributed by atoms with Crippen LogP contribution in [-0.2, 0) is 10.0 Å². The number of azo groups is 1. The number of unbranched alkanes of at least 4 members (excludes halogenated alkanes) is 7. The van der Waals surface area contributed by atoms with Gasteiger partial charge in [0.25, 0.3) is 0 Å². The molecule has 0 atom stereocenters. The molecule has 212 valence electrons. The molecule has 1 N–H and O–H groups in total. The fourth-order valence-corrected chi connectivity index (χ4v) is 5.08. The first-order chi connectivity index (χ1) is 18.5. The molecule has 0 bridgehead atoms. The van der Waals surface area contributed by atoms with Crippen LogP contribution in [0.4, 0.5) is 11.4 Å². The van der Waals surface area contributed by atoms with Gasteiger partial charge in [0, 0.05) is 12.6 Å². The molecule has 0 saturated carbocycles. The van der Waals surface area contributed by atoms with Crippen LogP contribution < -0.4 is 14.2 Å². The Labute approximate surface area is 240 Å². The highest BCUT2D eigenvalue weighted by Crippen LogP contribution is 2.33. The Morgan fingerprint density at radius 1 is 0.763 bits per heavy atom. The number of nitrogens with zero attached hydrogens (tertiary/aromatic N) is 2. The van der Waals surface area contributed by atoms with Gasteiger partial charge in [0.15, 0.2) is 0 Å². The van der Waals surface area contributed by atoms with E-state index in [0.29, 0.717) is 36.9 Å². The van der Waals surface area contributed by atoms with Crippen LogP contribution in [-0.4, -0.2) is 39.7 Å². The normalized spacial score (nSPS) is 11.8. The topological polar surface area (TPSA) is 89.4 Å². The maximum atomic E-state index is 12.4. The lowest BCUT2D eigenvalue weighted by molar-refractivity contribution is 0.291. The van der Waals surface area contributed by atoms with Crippen molar-refractivity contribution in [2.75, 3.05) is 31.3 Å². The third-order valence-electron chi connectivity index (χ3n) is 5.81. The molecule has 0 unspecified atom stereocenters. The van der Waals surface area contributed by atoms with Crippen molar-refractivity contribution in [1.82, 2.24) is 4.72 Å². The summed E-state index contributed by atoms with van der Waals surface area (Å²) in [5, 5.41) is 8.70. The molecule has 2 aromatic rings. The molecule has 0 saturated heterocycles. The molecule has 0 fully saturated rings. The van der Waals surface area contributed by atoms with Gasteiger partial charge < -0.3 is 9.47 Å². The minimum absolute atomic E-state index is 0.210. The number of benzene rings is 2. The predicted molar refractivity (Wildman–Crippen MR) is 163 cm³/mol. The van der Waals surface area contributed by atoms with Gasteiger partial charge in [-0.15, -0.1) is 5.11 Å². The molecule has 0 aliphatic carbocycles. The van der Waals surface area contributed by atoms with Gasteiger partial charge in [-0.05, 0) is 80.0 Å². The van der Waals surface area contributed by atoms with Crippen LogP contribution in [0, 0.1) is 0 Å². The molecule has 0 amide bonds. The van der Waals surface area contributed by atoms with E-state index in [-0.39, 0.29) is 4.90 Å². The molecule has 7 nitrogen and oxygen atoms in total. The highest BCUT2D eigenvalue weighted by Gasteiger charge is 2.13. The molecule has 2 rings (SSSR count).